The Morgan fingerprint density at radius 3 is 2.51 bits per heavy atom. The van der Waals surface area contributed by atoms with E-state index in [-0.39, 0.29) is 36.6 Å². The molecule has 0 aliphatic carbocycles. The molecule has 1 atom stereocenters. The Balaban J connectivity index is 1.51. The minimum Gasteiger partial charge on any atom is -0.484 e. The number of hydrogen-bond acceptors (Lipinski definition) is 7. The summed E-state index contributed by atoms with van der Waals surface area (Å²) in [5, 5.41) is 12.9. The molecule has 0 fully saturated rings. The van der Waals surface area contributed by atoms with Crippen molar-refractivity contribution < 1.29 is 14.4 Å². The molecule has 4 rings (SSSR count). The van der Waals surface area contributed by atoms with Gasteiger partial charge in [-0.3, -0.25) is 9.59 Å². The molecule has 1 N–H and O–H groups in total. The zero-order valence-corrected chi connectivity index (χ0v) is 21.7. The first-order valence-corrected chi connectivity index (χ1v) is 12.3. The van der Waals surface area contributed by atoms with E-state index >= 15 is 0 Å². The molecule has 2 aromatic carbocycles. The molecule has 1 aliphatic heterocycles. The van der Waals surface area contributed by atoms with Gasteiger partial charge in [0.15, 0.2) is 6.61 Å². The summed E-state index contributed by atoms with van der Waals surface area (Å²) in [6, 6.07) is 16.0. The monoisotopic (exact) mass is 521 g/mol. The molecule has 0 saturated heterocycles. The van der Waals surface area contributed by atoms with E-state index in [1.807, 2.05) is 30.3 Å². The first-order valence-electron chi connectivity index (χ1n) is 11.9. The lowest BCUT2D eigenvalue weighted by atomic mass is 9.96. The number of aromatic nitrogens is 2. The van der Waals surface area contributed by atoms with E-state index in [2.05, 4.69) is 19.2 Å². The minimum atomic E-state index is -0.362. The summed E-state index contributed by atoms with van der Waals surface area (Å²) < 4.78 is 6.71. The lowest BCUT2D eigenvalue weighted by Crippen LogP contribution is -2.44. The Bertz CT molecular complexity index is 1360. The van der Waals surface area contributed by atoms with Gasteiger partial charge in [-0.15, -0.1) is 4.73 Å². The fraction of sp³-hybridized carbons (Fsp3) is 0.333. The molecule has 2 heterocycles. The van der Waals surface area contributed by atoms with Crippen molar-refractivity contribution in [2.75, 3.05) is 25.6 Å². The molecule has 1 aromatic heterocycles. The highest BCUT2D eigenvalue weighted by molar-refractivity contribution is 6.30. The van der Waals surface area contributed by atoms with Crippen molar-refractivity contribution in [3.63, 3.8) is 0 Å². The number of halogens is 1. The van der Waals surface area contributed by atoms with Gasteiger partial charge in [-0.2, -0.15) is 5.26 Å². The van der Waals surface area contributed by atoms with Crippen LogP contribution < -0.4 is 20.5 Å². The third-order valence-electron chi connectivity index (χ3n) is 6.25. The van der Waals surface area contributed by atoms with E-state index in [1.165, 1.54) is 7.11 Å². The summed E-state index contributed by atoms with van der Waals surface area (Å²) in [6.45, 7) is 4.50. The van der Waals surface area contributed by atoms with Crippen molar-refractivity contribution in [2.24, 2.45) is 5.92 Å². The van der Waals surface area contributed by atoms with Crippen LogP contribution in [0.25, 0.3) is 0 Å². The molecule has 192 valence electrons. The highest BCUT2D eigenvalue weighted by Crippen LogP contribution is 2.27. The molecule has 10 heteroatoms. The maximum Gasteiger partial charge on any atom is 0.293 e. The second kappa shape index (κ2) is 11.4. The van der Waals surface area contributed by atoms with Crippen molar-refractivity contribution in [3.05, 3.63) is 86.3 Å². The molecular weight excluding hydrogens is 494 g/mol. The summed E-state index contributed by atoms with van der Waals surface area (Å²) in [5.74, 6) is 0.736. The average Bonchev–Trinajstić information content (AvgIpc) is 2.91. The Hall–Kier alpha value is -4.03. The largest absolute Gasteiger partial charge is 0.484 e. The van der Waals surface area contributed by atoms with Gasteiger partial charge >= 0.3 is 0 Å². The van der Waals surface area contributed by atoms with Crippen LogP contribution in [0.5, 0.6) is 5.75 Å². The van der Waals surface area contributed by atoms with Crippen LogP contribution in [0.4, 0.5) is 5.95 Å². The van der Waals surface area contributed by atoms with E-state index in [1.54, 1.807) is 29.2 Å². The zero-order valence-electron chi connectivity index (χ0n) is 20.9. The Kier molecular flexibility index (Phi) is 7.99. The second-order valence-corrected chi connectivity index (χ2v) is 9.49. The Labute approximate surface area is 220 Å². The first-order chi connectivity index (χ1) is 17.8. The Morgan fingerprint density at radius 1 is 1.19 bits per heavy atom. The second-order valence-electron chi connectivity index (χ2n) is 9.05. The van der Waals surface area contributed by atoms with Gasteiger partial charge in [0.1, 0.15) is 12.9 Å². The van der Waals surface area contributed by atoms with Crippen LogP contribution in [0.15, 0.2) is 53.3 Å². The maximum atomic E-state index is 13.4. The number of nitrogens with zero attached hydrogens (tertiary/aromatic N) is 4. The lowest BCUT2D eigenvalue weighted by Gasteiger charge is -2.30. The van der Waals surface area contributed by atoms with Crippen LogP contribution in [0.3, 0.4) is 0 Å². The summed E-state index contributed by atoms with van der Waals surface area (Å²) in [4.78, 5) is 37.9. The van der Waals surface area contributed by atoms with Crippen molar-refractivity contribution >= 4 is 23.5 Å². The number of benzene rings is 2. The summed E-state index contributed by atoms with van der Waals surface area (Å²) >= 11 is 6.06. The highest BCUT2D eigenvalue weighted by atomic mass is 35.5. The topological polar surface area (TPSA) is 109 Å². The van der Waals surface area contributed by atoms with E-state index in [4.69, 9.17) is 31.4 Å². The van der Waals surface area contributed by atoms with Crippen LogP contribution >= 0.6 is 11.6 Å². The highest BCUT2D eigenvalue weighted by Gasteiger charge is 2.28. The van der Waals surface area contributed by atoms with Gasteiger partial charge < -0.3 is 19.8 Å². The quantitative estimate of drug-likeness (QED) is 0.482. The fourth-order valence-corrected chi connectivity index (χ4v) is 4.36. The number of carbonyl (C=O) groups is 1. The molecule has 3 aromatic rings. The molecule has 0 spiro atoms. The third kappa shape index (κ3) is 5.87. The first kappa shape index (κ1) is 26.0. The standard InChI is InChI=1S/C27H28ClN5O4/c1-17(2)25(19-6-8-20(28)9-7-19)31-27-30-23-12-13-32(15-22(23)26(35)33(27)36-3)24(34)16-37-21-10-4-18(14-29)5-11-21/h4-11,17,25H,12-13,15-16H2,1-3H3,(H,30,31). The van der Waals surface area contributed by atoms with Crippen LogP contribution in [0.1, 0.15) is 42.3 Å². The molecule has 0 saturated carbocycles. The van der Waals surface area contributed by atoms with E-state index < -0.39 is 0 Å². The predicted octanol–water partition coefficient (Wildman–Crippen LogP) is 3.60. The molecular formula is C27H28ClN5O4. The van der Waals surface area contributed by atoms with Gasteiger partial charge in [-0.1, -0.05) is 37.6 Å². The number of rotatable bonds is 8. The Morgan fingerprint density at radius 2 is 1.89 bits per heavy atom. The molecule has 9 nitrogen and oxygen atoms in total. The van der Waals surface area contributed by atoms with Crippen LogP contribution in [0, 0.1) is 17.2 Å². The third-order valence-corrected chi connectivity index (χ3v) is 6.51. The molecule has 0 bridgehead atoms. The van der Waals surface area contributed by atoms with Crippen molar-refractivity contribution in [3.8, 4) is 11.8 Å². The normalized spacial score (nSPS) is 13.5. The minimum absolute atomic E-state index is 0.116. The van der Waals surface area contributed by atoms with Crippen LogP contribution in [0.2, 0.25) is 5.02 Å². The molecule has 1 amide bonds. The summed E-state index contributed by atoms with van der Waals surface area (Å²) in [7, 11) is 1.41. The van der Waals surface area contributed by atoms with Crippen LogP contribution in [-0.2, 0) is 17.8 Å². The summed E-state index contributed by atoms with van der Waals surface area (Å²) in [5.41, 5.74) is 2.21. The van der Waals surface area contributed by atoms with E-state index in [0.29, 0.717) is 46.5 Å². The summed E-state index contributed by atoms with van der Waals surface area (Å²) in [6.07, 6.45) is 0.430. The maximum absolute atomic E-state index is 13.4. The number of ether oxygens (including phenoxy) is 1. The van der Waals surface area contributed by atoms with Crippen molar-refractivity contribution in [1.29, 1.82) is 5.26 Å². The van der Waals surface area contributed by atoms with Gasteiger partial charge in [-0.05, 0) is 47.9 Å². The number of fused-ring (bicyclic) bond motifs is 1. The van der Waals surface area contributed by atoms with Gasteiger partial charge in [0, 0.05) is 18.0 Å². The zero-order chi connectivity index (χ0) is 26.5. The molecule has 37 heavy (non-hydrogen) atoms. The van der Waals surface area contributed by atoms with Crippen LogP contribution in [-0.4, -0.2) is 40.8 Å². The number of amides is 1. The number of nitrogens with one attached hydrogen (secondary N) is 1. The fourth-order valence-electron chi connectivity index (χ4n) is 4.24. The lowest BCUT2D eigenvalue weighted by molar-refractivity contribution is -0.134. The van der Waals surface area contributed by atoms with E-state index in [0.717, 1.165) is 10.3 Å². The smallest absolute Gasteiger partial charge is 0.293 e. The number of anilines is 1. The molecule has 1 aliphatic rings. The van der Waals surface area contributed by atoms with Crippen molar-refractivity contribution in [1.82, 2.24) is 14.6 Å². The van der Waals surface area contributed by atoms with E-state index in [9.17, 15) is 9.59 Å². The van der Waals surface area contributed by atoms with Gasteiger partial charge in [0.25, 0.3) is 11.5 Å². The van der Waals surface area contributed by atoms with Gasteiger partial charge in [0.2, 0.25) is 5.95 Å². The van der Waals surface area contributed by atoms with Crippen molar-refractivity contribution in [2.45, 2.75) is 32.9 Å². The van der Waals surface area contributed by atoms with Gasteiger partial charge in [0.05, 0.1) is 35.5 Å². The van der Waals surface area contributed by atoms with Gasteiger partial charge in [-0.25, -0.2) is 4.98 Å². The SMILES string of the molecule is COn1c(NC(c2ccc(Cl)cc2)C(C)C)nc2c(c1=O)CN(C(=O)COc1ccc(C#N)cc1)CC2. The molecule has 0 radical (unpaired) electrons. The number of hydrogen-bond donors (Lipinski definition) is 1. The predicted molar refractivity (Wildman–Crippen MR) is 139 cm³/mol. The number of carbonyl (C=O) groups excluding carboxylic acids is 1. The average molecular weight is 522 g/mol. The molecule has 1 unspecified atom stereocenters. The number of nitriles is 1.